The van der Waals surface area contributed by atoms with Gasteiger partial charge in [-0.2, -0.15) is 13.2 Å². The number of rotatable bonds is 6. The lowest BCUT2D eigenvalue weighted by Crippen LogP contribution is -2.22. The maximum atomic E-state index is 12.7. The highest BCUT2D eigenvalue weighted by Crippen LogP contribution is 2.28. The maximum Gasteiger partial charge on any atom is 0.451 e. The van der Waals surface area contributed by atoms with Gasteiger partial charge in [0.05, 0.1) is 0 Å². The number of anilines is 2. The summed E-state index contributed by atoms with van der Waals surface area (Å²) in [6, 6.07) is 1.52. The van der Waals surface area contributed by atoms with Gasteiger partial charge in [0.15, 0.2) is 0 Å². The molecule has 0 radical (unpaired) electrons. The molecule has 108 valence electrons. The van der Waals surface area contributed by atoms with Crippen molar-refractivity contribution < 1.29 is 13.2 Å². The summed E-state index contributed by atoms with van der Waals surface area (Å²) in [6.07, 6.45) is -1.51. The molecule has 0 fully saturated rings. The standard InChI is InChI=1S/C12H19F3N4/c1-4-5-6-7-19(3)10-8-9(16-2)17-11(18-10)12(13,14)15/h8H,4-7H2,1-3H3,(H,16,17,18). The number of hydrogen-bond acceptors (Lipinski definition) is 4. The number of halogens is 3. The fraction of sp³-hybridized carbons (Fsp3) is 0.667. The molecule has 1 heterocycles. The molecule has 0 aliphatic carbocycles. The molecule has 4 nitrogen and oxygen atoms in total. The number of nitrogens with zero attached hydrogens (tertiary/aromatic N) is 3. The van der Waals surface area contributed by atoms with E-state index in [1.807, 2.05) is 0 Å². The average molecular weight is 276 g/mol. The van der Waals surface area contributed by atoms with Gasteiger partial charge >= 0.3 is 6.18 Å². The Balaban J connectivity index is 2.93. The van der Waals surface area contributed by atoms with Crippen molar-refractivity contribution in [3.8, 4) is 0 Å². The van der Waals surface area contributed by atoms with E-state index in [1.165, 1.54) is 13.1 Å². The zero-order valence-corrected chi connectivity index (χ0v) is 11.4. The molecule has 1 rings (SSSR count). The topological polar surface area (TPSA) is 41.0 Å². The van der Waals surface area contributed by atoms with Crippen molar-refractivity contribution in [1.82, 2.24) is 9.97 Å². The minimum Gasteiger partial charge on any atom is -0.373 e. The van der Waals surface area contributed by atoms with E-state index >= 15 is 0 Å². The van der Waals surface area contributed by atoms with Gasteiger partial charge in [-0.1, -0.05) is 19.8 Å². The molecule has 1 aromatic rings. The van der Waals surface area contributed by atoms with Crippen LogP contribution >= 0.6 is 0 Å². The zero-order valence-electron chi connectivity index (χ0n) is 11.4. The summed E-state index contributed by atoms with van der Waals surface area (Å²) < 4.78 is 38.0. The van der Waals surface area contributed by atoms with Crippen LogP contribution in [0.4, 0.5) is 24.8 Å². The van der Waals surface area contributed by atoms with E-state index in [-0.39, 0.29) is 11.6 Å². The van der Waals surface area contributed by atoms with E-state index in [4.69, 9.17) is 0 Å². The van der Waals surface area contributed by atoms with Crippen LogP contribution in [0.2, 0.25) is 0 Å². The predicted molar refractivity (Wildman–Crippen MR) is 69.4 cm³/mol. The molecule has 0 atom stereocenters. The van der Waals surface area contributed by atoms with Crippen LogP contribution in [0.1, 0.15) is 32.0 Å². The Bertz CT molecular complexity index is 406. The first-order valence-corrected chi connectivity index (χ1v) is 6.23. The molecule has 0 bridgehead atoms. The van der Waals surface area contributed by atoms with Crippen LogP contribution < -0.4 is 10.2 Å². The SMILES string of the molecule is CCCCCN(C)c1cc(NC)nc(C(F)(F)F)n1. The van der Waals surface area contributed by atoms with Crippen molar-refractivity contribution in [2.45, 2.75) is 32.4 Å². The van der Waals surface area contributed by atoms with E-state index < -0.39 is 12.0 Å². The lowest BCUT2D eigenvalue weighted by atomic mass is 10.2. The van der Waals surface area contributed by atoms with E-state index in [9.17, 15) is 13.2 Å². The quantitative estimate of drug-likeness (QED) is 0.810. The molecule has 0 aliphatic heterocycles. The molecule has 0 aliphatic rings. The molecule has 0 saturated carbocycles. The van der Waals surface area contributed by atoms with Crippen molar-refractivity contribution in [2.24, 2.45) is 0 Å². The van der Waals surface area contributed by atoms with E-state index in [0.717, 1.165) is 19.3 Å². The highest BCUT2D eigenvalue weighted by Gasteiger charge is 2.35. The molecule has 7 heteroatoms. The fourth-order valence-electron chi connectivity index (χ4n) is 1.60. The number of nitrogens with one attached hydrogen (secondary N) is 1. The molecule has 0 saturated heterocycles. The van der Waals surface area contributed by atoms with E-state index in [1.54, 1.807) is 11.9 Å². The Morgan fingerprint density at radius 2 is 1.95 bits per heavy atom. The van der Waals surface area contributed by atoms with Crippen LogP contribution in [-0.4, -0.2) is 30.6 Å². The van der Waals surface area contributed by atoms with Crippen LogP contribution in [0.25, 0.3) is 0 Å². The molecule has 1 aromatic heterocycles. The molecule has 0 spiro atoms. The largest absolute Gasteiger partial charge is 0.451 e. The minimum atomic E-state index is -4.54. The van der Waals surface area contributed by atoms with E-state index in [0.29, 0.717) is 6.54 Å². The lowest BCUT2D eigenvalue weighted by Gasteiger charge is -2.19. The summed E-state index contributed by atoms with van der Waals surface area (Å²) in [6.45, 7) is 2.75. The molecule has 0 amide bonds. The van der Waals surface area contributed by atoms with Gasteiger partial charge in [-0.3, -0.25) is 0 Å². The Labute approximate surface area is 111 Å². The summed E-state index contributed by atoms with van der Waals surface area (Å²) >= 11 is 0. The summed E-state index contributed by atoms with van der Waals surface area (Å²) in [7, 11) is 3.26. The Morgan fingerprint density at radius 3 is 2.47 bits per heavy atom. The minimum absolute atomic E-state index is 0.166. The monoisotopic (exact) mass is 276 g/mol. The fourth-order valence-corrected chi connectivity index (χ4v) is 1.60. The van der Waals surface area contributed by atoms with Crippen LogP contribution in [-0.2, 0) is 6.18 Å². The van der Waals surface area contributed by atoms with Crippen molar-refractivity contribution in [1.29, 1.82) is 0 Å². The van der Waals surface area contributed by atoms with Crippen molar-refractivity contribution in [3.63, 3.8) is 0 Å². The van der Waals surface area contributed by atoms with Gasteiger partial charge < -0.3 is 10.2 Å². The third kappa shape index (κ3) is 4.57. The molecular formula is C12H19F3N4. The van der Waals surface area contributed by atoms with Gasteiger partial charge in [0, 0.05) is 26.7 Å². The highest BCUT2D eigenvalue weighted by atomic mass is 19.4. The second kappa shape index (κ2) is 6.58. The van der Waals surface area contributed by atoms with Gasteiger partial charge in [-0.25, -0.2) is 9.97 Å². The van der Waals surface area contributed by atoms with Gasteiger partial charge in [-0.05, 0) is 6.42 Å². The van der Waals surface area contributed by atoms with Gasteiger partial charge in [0.25, 0.3) is 0 Å². The van der Waals surface area contributed by atoms with Crippen LogP contribution in [0.15, 0.2) is 6.07 Å². The molecule has 0 aromatic carbocycles. The first-order chi connectivity index (χ1) is 8.88. The zero-order chi connectivity index (χ0) is 14.5. The lowest BCUT2D eigenvalue weighted by molar-refractivity contribution is -0.144. The third-order valence-electron chi connectivity index (χ3n) is 2.71. The summed E-state index contributed by atoms with van der Waals surface area (Å²) in [4.78, 5) is 8.72. The average Bonchev–Trinajstić information content (AvgIpc) is 2.37. The number of hydrogen-bond donors (Lipinski definition) is 1. The first kappa shape index (κ1) is 15.5. The third-order valence-corrected chi connectivity index (χ3v) is 2.71. The molecule has 1 N–H and O–H groups in total. The normalized spacial score (nSPS) is 11.5. The van der Waals surface area contributed by atoms with Gasteiger partial charge in [-0.15, -0.1) is 0 Å². The summed E-state index contributed by atoms with van der Waals surface area (Å²) in [5.41, 5.74) is 0. The van der Waals surface area contributed by atoms with Crippen molar-refractivity contribution in [3.05, 3.63) is 11.9 Å². The van der Waals surface area contributed by atoms with Gasteiger partial charge in [0.2, 0.25) is 5.82 Å². The second-order valence-corrected chi connectivity index (χ2v) is 4.31. The number of alkyl halides is 3. The second-order valence-electron chi connectivity index (χ2n) is 4.31. The number of aromatic nitrogens is 2. The molecule has 19 heavy (non-hydrogen) atoms. The Morgan fingerprint density at radius 1 is 1.26 bits per heavy atom. The Hall–Kier alpha value is -1.53. The van der Waals surface area contributed by atoms with Crippen LogP contribution in [0.3, 0.4) is 0 Å². The van der Waals surface area contributed by atoms with Crippen molar-refractivity contribution in [2.75, 3.05) is 30.9 Å². The summed E-state index contributed by atoms with van der Waals surface area (Å²) in [5, 5.41) is 2.62. The maximum absolute atomic E-state index is 12.7. The smallest absolute Gasteiger partial charge is 0.373 e. The predicted octanol–water partition coefficient (Wildman–Crippen LogP) is 3.16. The molecular weight excluding hydrogens is 257 g/mol. The van der Waals surface area contributed by atoms with Crippen LogP contribution in [0.5, 0.6) is 0 Å². The van der Waals surface area contributed by atoms with Crippen molar-refractivity contribution >= 4 is 11.6 Å². The van der Waals surface area contributed by atoms with E-state index in [2.05, 4.69) is 22.2 Å². The van der Waals surface area contributed by atoms with Gasteiger partial charge in [0.1, 0.15) is 11.6 Å². The molecule has 0 unspecified atom stereocenters. The first-order valence-electron chi connectivity index (χ1n) is 6.23. The summed E-state index contributed by atoms with van der Waals surface area (Å²) in [5.74, 6) is -0.667. The number of unbranched alkanes of at least 4 members (excludes halogenated alkanes) is 2. The van der Waals surface area contributed by atoms with Crippen LogP contribution in [0, 0.1) is 0 Å². The highest BCUT2D eigenvalue weighted by molar-refractivity contribution is 5.48. The Kier molecular flexibility index (Phi) is 5.38.